The monoisotopic (exact) mass is 395 g/mol. The van der Waals surface area contributed by atoms with Crippen LogP contribution in [0.2, 0.25) is 0 Å². The number of thiophene rings is 1. The van der Waals surface area contributed by atoms with Crippen molar-refractivity contribution in [2.75, 3.05) is 12.4 Å². The molecule has 2 heterocycles. The zero-order chi connectivity index (χ0) is 19.5. The number of aryl methyl sites for hydroxylation is 2. The highest BCUT2D eigenvalue weighted by atomic mass is 32.1. The number of anilines is 1. The van der Waals surface area contributed by atoms with Gasteiger partial charge in [0.1, 0.15) is 10.8 Å². The normalized spacial score (nSPS) is 13.1. The molecule has 0 aliphatic heterocycles. The first-order valence-electron chi connectivity index (χ1n) is 9.62. The lowest BCUT2D eigenvalue weighted by molar-refractivity contribution is 0.251. The molecule has 28 heavy (non-hydrogen) atoms. The Morgan fingerprint density at radius 2 is 2.00 bits per heavy atom. The van der Waals surface area contributed by atoms with E-state index >= 15 is 0 Å². The molecule has 1 aromatic carbocycles. The minimum atomic E-state index is -0.224. The largest absolute Gasteiger partial charge is 0.495 e. The highest BCUT2D eigenvalue weighted by molar-refractivity contribution is 7.14. The van der Waals surface area contributed by atoms with Gasteiger partial charge in [-0.1, -0.05) is 6.07 Å². The number of nitrogens with one attached hydrogen (secondary N) is 2. The fourth-order valence-corrected chi connectivity index (χ4v) is 5.11. The summed E-state index contributed by atoms with van der Waals surface area (Å²) in [7, 11) is 1.61. The molecular formula is C22H25N3O2S. The Bertz CT molecular complexity index is 976. The first-order valence-corrected chi connectivity index (χ1v) is 10.4. The molecule has 5 nitrogen and oxygen atoms in total. The van der Waals surface area contributed by atoms with Gasteiger partial charge in [0, 0.05) is 29.4 Å². The van der Waals surface area contributed by atoms with Gasteiger partial charge in [-0.2, -0.15) is 0 Å². The molecule has 2 amide bonds. The van der Waals surface area contributed by atoms with Crippen molar-refractivity contribution in [3.05, 3.63) is 64.3 Å². The van der Waals surface area contributed by atoms with Crippen LogP contribution in [0, 0.1) is 6.92 Å². The van der Waals surface area contributed by atoms with E-state index in [4.69, 9.17) is 4.74 Å². The third-order valence-corrected chi connectivity index (χ3v) is 6.47. The van der Waals surface area contributed by atoms with E-state index in [2.05, 4.69) is 27.6 Å². The number of benzene rings is 1. The minimum absolute atomic E-state index is 0.224. The predicted octanol–water partition coefficient (Wildman–Crippen LogP) is 5.06. The van der Waals surface area contributed by atoms with Crippen molar-refractivity contribution in [3.8, 4) is 10.8 Å². The number of carbonyl (C=O) groups excluding carboxylic acids is 1. The maximum absolute atomic E-state index is 12.6. The van der Waals surface area contributed by atoms with E-state index in [0.717, 1.165) is 18.4 Å². The van der Waals surface area contributed by atoms with Crippen LogP contribution in [0.1, 0.15) is 34.4 Å². The number of aromatic nitrogens is 1. The standard InChI is InChI=1S/C22H25N3O2S/c1-15-9-10-19(27-2)18(13-15)24-22(26)23-14-17-16-7-3-4-8-20(16)28-21(17)25-11-5-6-12-25/h5-6,9-13H,3-4,7-8,14H2,1-2H3,(H2,23,24,26). The molecular weight excluding hydrogens is 370 g/mol. The predicted molar refractivity (Wildman–Crippen MR) is 114 cm³/mol. The summed E-state index contributed by atoms with van der Waals surface area (Å²) < 4.78 is 7.50. The number of methoxy groups -OCH3 is 1. The average Bonchev–Trinajstić information content (AvgIpc) is 3.34. The van der Waals surface area contributed by atoms with Crippen LogP contribution in [-0.4, -0.2) is 17.7 Å². The van der Waals surface area contributed by atoms with Crippen molar-refractivity contribution in [2.45, 2.75) is 39.2 Å². The molecule has 1 aliphatic carbocycles. The van der Waals surface area contributed by atoms with Gasteiger partial charge in [0.05, 0.1) is 12.8 Å². The average molecular weight is 396 g/mol. The zero-order valence-electron chi connectivity index (χ0n) is 16.2. The fraction of sp³-hybridized carbons (Fsp3) is 0.318. The molecule has 0 saturated carbocycles. The number of fused-ring (bicyclic) bond motifs is 1. The second kappa shape index (κ2) is 8.10. The zero-order valence-corrected chi connectivity index (χ0v) is 17.1. The van der Waals surface area contributed by atoms with Gasteiger partial charge in [-0.05, 0) is 68.0 Å². The van der Waals surface area contributed by atoms with E-state index in [-0.39, 0.29) is 6.03 Å². The van der Waals surface area contributed by atoms with Gasteiger partial charge >= 0.3 is 6.03 Å². The van der Waals surface area contributed by atoms with Crippen LogP contribution in [-0.2, 0) is 19.4 Å². The van der Waals surface area contributed by atoms with Gasteiger partial charge in [0.2, 0.25) is 0 Å². The molecule has 0 fully saturated rings. The fourth-order valence-electron chi connectivity index (χ4n) is 3.73. The van der Waals surface area contributed by atoms with Crippen molar-refractivity contribution in [2.24, 2.45) is 0 Å². The van der Waals surface area contributed by atoms with Gasteiger partial charge in [-0.15, -0.1) is 11.3 Å². The van der Waals surface area contributed by atoms with Gasteiger partial charge in [0.15, 0.2) is 0 Å². The van der Waals surface area contributed by atoms with Crippen LogP contribution in [0.3, 0.4) is 0 Å². The SMILES string of the molecule is COc1ccc(C)cc1NC(=O)NCc1c(-n2cccc2)sc2c1CCCC2. The number of carbonyl (C=O) groups is 1. The number of urea groups is 1. The summed E-state index contributed by atoms with van der Waals surface area (Å²) in [6, 6.07) is 9.58. The lowest BCUT2D eigenvalue weighted by Crippen LogP contribution is -2.29. The Kier molecular flexibility index (Phi) is 5.39. The molecule has 0 atom stereocenters. The maximum Gasteiger partial charge on any atom is 0.319 e. The molecule has 0 spiro atoms. The van der Waals surface area contributed by atoms with Crippen molar-refractivity contribution in [1.82, 2.24) is 9.88 Å². The van der Waals surface area contributed by atoms with Crippen LogP contribution in [0.15, 0.2) is 42.7 Å². The number of ether oxygens (including phenoxy) is 1. The lowest BCUT2D eigenvalue weighted by Gasteiger charge is -2.15. The molecule has 2 aromatic heterocycles. The Hall–Kier alpha value is -2.73. The highest BCUT2D eigenvalue weighted by Gasteiger charge is 2.22. The molecule has 6 heteroatoms. The van der Waals surface area contributed by atoms with E-state index < -0.39 is 0 Å². The third-order valence-electron chi connectivity index (χ3n) is 5.13. The van der Waals surface area contributed by atoms with Crippen LogP contribution in [0.5, 0.6) is 5.75 Å². The first kappa shape index (κ1) is 18.6. The molecule has 2 N–H and O–H groups in total. The molecule has 146 valence electrons. The topological polar surface area (TPSA) is 55.3 Å². The third kappa shape index (κ3) is 3.78. The van der Waals surface area contributed by atoms with Crippen LogP contribution >= 0.6 is 11.3 Å². The van der Waals surface area contributed by atoms with E-state index in [1.165, 1.54) is 33.8 Å². The second-order valence-electron chi connectivity index (χ2n) is 7.10. The van der Waals surface area contributed by atoms with Gasteiger partial charge in [0.25, 0.3) is 0 Å². The maximum atomic E-state index is 12.6. The summed E-state index contributed by atoms with van der Waals surface area (Å²) in [6.45, 7) is 2.50. The Morgan fingerprint density at radius 3 is 2.79 bits per heavy atom. The Balaban J connectivity index is 1.53. The molecule has 0 radical (unpaired) electrons. The summed E-state index contributed by atoms with van der Waals surface area (Å²) in [4.78, 5) is 14.0. The molecule has 0 bridgehead atoms. The van der Waals surface area contributed by atoms with E-state index in [1.54, 1.807) is 7.11 Å². The number of amides is 2. The summed E-state index contributed by atoms with van der Waals surface area (Å²) in [6.07, 6.45) is 8.84. The van der Waals surface area contributed by atoms with Crippen LogP contribution in [0.4, 0.5) is 10.5 Å². The van der Waals surface area contributed by atoms with E-state index in [0.29, 0.717) is 18.0 Å². The smallest absolute Gasteiger partial charge is 0.319 e. The first-order chi connectivity index (χ1) is 13.7. The molecule has 0 saturated heterocycles. The van der Waals surface area contributed by atoms with Gasteiger partial charge in [-0.3, -0.25) is 0 Å². The molecule has 3 aromatic rings. The van der Waals surface area contributed by atoms with Crippen LogP contribution in [0.25, 0.3) is 5.00 Å². The summed E-state index contributed by atoms with van der Waals surface area (Å²) >= 11 is 1.85. The molecule has 4 rings (SSSR count). The Labute approximate surface area is 169 Å². The summed E-state index contributed by atoms with van der Waals surface area (Å²) in [5.41, 5.74) is 4.41. The number of hydrogen-bond acceptors (Lipinski definition) is 3. The van der Waals surface area contributed by atoms with Gasteiger partial charge in [-0.25, -0.2) is 4.79 Å². The summed E-state index contributed by atoms with van der Waals surface area (Å²) in [5, 5.41) is 7.18. The van der Waals surface area contributed by atoms with Gasteiger partial charge < -0.3 is 19.9 Å². The summed E-state index contributed by atoms with van der Waals surface area (Å²) in [5.74, 6) is 0.654. The van der Waals surface area contributed by atoms with Crippen molar-refractivity contribution in [3.63, 3.8) is 0 Å². The Morgan fingerprint density at radius 1 is 1.21 bits per heavy atom. The highest BCUT2D eigenvalue weighted by Crippen LogP contribution is 2.37. The van der Waals surface area contributed by atoms with Crippen molar-refractivity contribution in [1.29, 1.82) is 0 Å². The lowest BCUT2D eigenvalue weighted by atomic mass is 9.95. The number of nitrogens with zero attached hydrogens (tertiary/aromatic N) is 1. The second-order valence-corrected chi connectivity index (χ2v) is 8.18. The molecule has 0 unspecified atom stereocenters. The quantitative estimate of drug-likeness (QED) is 0.635. The van der Waals surface area contributed by atoms with E-state index in [9.17, 15) is 4.79 Å². The van der Waals surface area contributed by atoms with E-state index in [1.807, 2.05) is 48.6 Å². The van der Waals surface area contributed by atoms with Crippen LogP contribution < -0.4 is 15.4 Å². The molecule has 1 aliphatic rings. The van der Waals surface area contributed by atoms with Crippen molar-refractivity contribution >= 4 is 23.1 Å². The van der Waals surface area contributed by atoms with Crippen molar-refractivity contribution < 1.29 is 9.53 Å². The number of hydrogen-bond donors (Lipinski definition) is 2. The minimum Gasteiger partial charge on any atom is -0.495 e. The number of rotatable bonds is 5.